The third kappa shape index (κ3) is 3.22. The zero-order valence-electron chi connectivity index (χ0n) is 9.78. The van der Waals surface area contributed by atoms with E-state index in [1.807, 2.05) is 25.2 Å². The average molecular weight is 328 g/mol. The highest BCUT2D eigenvalue weighted by Crippen LogP contribution is 2.32. The molecule has 2 rings (SSSR count). The lowest BCUT2D eigenvalue weighted by molar-refractivity contribution is 0.472. The van der Waals surface area contributed by atoms with Crippen molar-refractivity contribution < 1.29 is 4.74 Å². The van der Waals surface area contributed by atoms with Gasteiger partial charge in [-0.15, -0.1) is 0 Å². The van der Waals surface area contributed by atoms with Gasteiger partial charge in [0.25, 0.3) is 0 Å². The van der Waals surface area contributed by atoms with E-state index in [1.54, 1.807) is 18.5 Å². The van der Waals surface area contributed by atoms with Crippen LogP contribution in [0, 0.1) is 0 Å². The predicted molar refractivity (Wildman–Crippen MR) is 76.2 cm³/mol. The molecule has 0 bridgehead atoms. The quantitative estimate of drug-likeness (QED) is 0.921. The van der Waals surface area contributed by atoms with Crippen LogP contribution < -0.4 is 10.1 Å². The molecule has 0 fully saturated rings. The second-order valence-electron chi connectivity index (χ2n) is 3.69. The molecule has 0 spiro atoms. The maximum atomic E-state index is 6.12. The van der Waals surface area contributed by atoms with Crippen molar-refractivity contribution in [2.45, 2.75) is 6.54 Å². The molecule has 1 aromatic heterocycles. The fraction of sp³-hybridized carbons (Fsp3) is 0.154. The van der Waals surface area contributed by atoms with E-state index in [4.69, 9.17) is 16.3 Å². The Hall–Kier alpha value is -1.10. The van der Waals surface area contributed by atoms with Crippen LogP contribution in [0.1, 0.15) is 5.56 Å². The number of aromatic nitrogens is 1. The summed E-state index contributed by atoms with van der Waals surface area (Å²) in [7, 11) is 1.89. The first-order valence-electron chi connectivity index (χ1n) is 5.41. The molecule has 94 valence electrons. The Balaban J connectivity index is 2.28. The molecule has 18 heavy (non-hydrogen) atoms. The molecule has 2 aromatic rings. The van der Waals surface area contributed by atoms with Gasteiger partial charge < -0.3 is 10.1 Å². The molecule has 0 unspecified atom stereocenters. The number of nitrogens with zero attached hydrogens (tertiary/aromatic N) is 1. The maximum absolute atomic E-state index is 6.12. The summed E-state index contributed by atoms with van der Waals surface area (Å²) in [6.45, 7) is 0.714. The minimum Gasteiger partial charge on any atom is -0.454 e. The van der Waals surface area contributed by atoms with Crippen LogP contribution in [-0.4, -0.2) is 12.0 Å². The van der Waals surface area contributed by atoms with Crippen LogP contribution in [0.5, 0.6) is 11.5 Å². The normalized spacial score (nSPS) is 10.4. The van der Waals surface area contributed by atoms with Gasteiger partial charge in [0, 0.05) is 22.8 Å². The molecule has 3 nitrogen and oxygen atoms in total. The zero-order valence-corrected chi connectivity index (χ0v) is 12.1. The largest absolute Gasteiger partial charge is 0.454 e. The van der Waals surface area contributed by atoms with Crippen molar-refractivity contribution in [3.63, 3.8) is 0 Å². The highest BCUT2D eigenvalue weighted by Gasteiger charge is 2.07. The van der Waals surface area contributed by atoms with Gasteiger partial charge in [-0.2, -0.15) is 0 Å². The Morgan fingerprint density at radius 2 is 2.17 bits per heavy atom. The summed E-state index contributed by atoms with van der Waals surface area (Å²) in [4.78, 5) is 4.07. The Bertz CT molecular complexity index is 548. The fourth-order valence-corrected chi connectivity index (χ4v) is 2.23. The van der Waals surface area contributed by atoms with Gasteiger partial charge in [-0.05, 0) is 31.3 Å². The summed E-state index contributed by atoms with van der Waals surface area (Å²) in [5, 5.41) is 3.64. The van der Waals surface area contributed by atoms with Crippen LogP contribution in [0.15, 0.2) is 41.1 Å². The minimum absolute atomic E-state index is 0.559. The molecule has 0 saturated heterocycles. The minimum atomic E-state index is 0.559. The molecule has 0 aliphatic carbocycles. The van der Waals surface area contributed by atoms with Crippen molar-refractivity contribution in [3.05, 3.63) is 51.7 Å². The molecule has 0 amide bonds. The van der Waals surface area contributed by atoms with Crippen LogP contribution in [0.25, 0.3) is 0 Å². The van der Waals surface area contributed by atoms with Crippen molar-refractivity contribution in [1.29, 1.82) is 0 Å². The van der Waals surface area contributed by atoms with Crippen LogP contribution >= 0.6 is 27.5 Å². The molecule has 0 atom stereocenters. The maximum Gasteiger partial charge on any atom is 0.150 e. The van der Waals surface area contributed by atoms with Gasteiger partial charge in [-0.25, -0.2) is 0 Å². The Morgan fingerprint density at radius 3 is 2.89 bits per heavy atom. The SMILES string of the molecule is CNCc1ccncc1Oc1ccc(Br)cc1Cl. The Labute approximate surface area is 119 Å². The van der Waals surface area contributed by atoms with Crippen LogP contribution in [0.2, 0.25) is 5.02 Å². The van der Waals surface area contributed by atoms with Crippen molar-refractivity contribution >= 4 is 27.5 Å². The van der Waals surface area contributed by atoms with Gasteiger partial charge in [0.1, 0.15) is 11.5 Å². The molecule has 5 heteroatoms. The summed E-state index contributed by atoms with van der Waals surface area (Å²) < 4.78 is 6.71. The fourth-order valence-electron chi connectivity index (χ4n) is 1.51. The third-order valence-corrected chi connectivity index (χ3v) is 3.14. The van der Waals surface area contributed by atoms with E-state index < -0.39 is 0 Å². The van der Waals surface area contributed by atoms with Gasteiger partial charge in [0.15, 0.2) is 0 Å². The van der Waals surface area contributed by atoms with E-state index in [9.17, 15) is 0 Å². The van der Waals surface area contributed by atoms with Gasteiger partial charge in [0.2, 0.25) is 0 Å². The molecule has 1 aromatic carbocycles. The summed E-state index contributed by atoms with van der Waals surface area (Å²) in [5.41, 5.74) is 1.03. The summed E-state index contributed by atoms with van der Waals surface area (Å²) >= 11 is 9.48. The number of hydrogen-bond acceptors (Lipinski definition) is 3. The van der Waals surface area contributed by atoms with Crippen molar-refractivity contribution in [2.24, 2.45) is 0 Å². The van der Waals surface area contributed by atoms with E-state index in [0.29, 0.717) is 23.1 Å². The highest BCUT2D eigenvalue weighted by atomic mass is 79.9. The lowest BCUT2D eigenvalue weighted by Gasteiger charge is -2.11. The summed E-state index contributed by atoms with van der Waals surface area (Å²) in [6.07, 6.45) is 3.42. The van der Waals surface area contributed by atoms with Crippen molar-refractivity contribution in [2.75, 3.05) is 7.05 Å². The lowest BCUT2D eigenvalue weighted by atomic mass is 10.2. The van der Waals surface area contributed by atoms with Gasteiger partial charge in [-0.1, -0.05) is 27.5 Å². The van der Waals surface area contributed by atoms with E-state index in [1.165, 1.54) is 0 Å². The zero-order chi connectivity index (χ0) is 13.0. The van der Waals surface area contributed by atoms with E-state index in [0.717, 1.165) is 10.0 Å². The lowest BCUT2D eigenvalue weighted by Crippen LogP contribution is -2.06. The number of hydrogen-bond donors (Lipinski definition) is 1. The van der Waals surface area contributed by atoms with Crippen LogP contribution in [-0.2, 0) is 6.54 Å². The summed E-state index contributed by atoms with van der Waals surface area (Å²) in [6, 6.07) is 7.42. The molecule has 1 N–H and O–H groups in total. The van der Waals surface area contributed by atoms with E-state index in [-0.39, 0.29) is 0 Å². The molecule has 0 radical (unpaired) electrons. The van der Waals surface area contributed by atoms with Crippen LogP contribution in [0.4, 0.5) is 0 Å². The first-order valence-corrected chi connectivity index (χ1v) is 6.58. The van der Waals surface area contributed by atoms with Crippen molar-refractivity contribution in [1.82, 2.24) is 10.3 Å². The Morgan fingerprint density at radius 1 is 1.33 bits per heavy atom. The molecule has 0 saturated carbocycles. The third-order valence-electron chi connectivity index (χ3n) is 2.35. The predicted octanol–water partition coefficient (Wildman–Crippen LogP) is 4.01. The number of rotatable bonds is 4. The summed E-state index contributed by atoms with van der Waals surface area (Å²) in [5.74, 6) is 1.32. The number of benzene rings is 1. The number of halogens is 2. The van der Waals surface area contributed by atoms with Gasteiger partial charge >= 0.3 is 0 Å². The standard InChI is InChI=1S/C13H12BrClN2O/c1-16-7-9-4-5-17-8-13(9)18-12-3-2-10(14)6-11(12)15/h2-6,8,16H,7H2,1H3. The number of nitrogens with one attached hydrogen (secondary N) is 1. The topological polar surface area (TPSA) is 34.2 Å². The molecular weight excluding hydrogens is 316 g/mol. The monoisotopic (exact) mass is 326 g/mol. The first kappa shape index (κ1) is 13.3. The Kier molecular flexibility index (Phi) is 4.58. The molecule has 0 aliphatic heterocycles. The van der Waals surface area contributed by atoms with E-state index >= 15 is 0 Å². The molecular formula is C13H12BrClN2O. The second-order valence-corrected chi connectivity index (χ2v) is 5.01. The second kappa shape index (κ2) is 6.18. The smallest absolute Gasteiger partial charge is 0.150 e. The average Bonchev–Trinajstić information content (AvgIpc) is 2.35. The van der Waals surface area contributed by atoms with E-state index in [2.05, 4.69) is 26.2 Å². The van der Waals surface area contributed by atoms with Gasteiger partial charge in [-0.3, -0.25) is 4.98 Å². The van der Waals surface area contributed by atoms with Crippen LogP contribution in [0.3, 0.4) is 0 Å². The van der Waals surface area contributed by atoms with Gasteiger partial charge in [0.05, 0.1) is 11.2 Å². The first-order chi connectivity index (χ1) is 8.70. The molecule has 0 aliphatic rings. The number of ether oxygens (including phenoxy) is 1. The highest BCUT2D eigenvalue weighted by molar-refractivity contribution is 9.10. The number of pyridine rings is 1. The van der Waals surface area contributed by atoms with Crippen molar-refractivity contribution in [3.8, 4) is 11.5 Å². The molecule has 1 heterocycles.